The van der Waals surface area contributed by atoms with Gasteiger partial charge in [-0.3, -0.25) is 4.79 Å². The molecule has 0 bridgehead atoms. The Hall–Kier alpha value is -2.69. The van der Waals surface area contributed by atoms with Crippen molar-refractivity contribution in [2.75, 3.05) is 5.32 Å². The second kappa shape index (κ2) is 5.01. The van der Waals surface area contributed by atoms with Crippen LogP contribution in [-0.2, 0) is 0 Å². The number of anilines is 1. The lowest BCUT2D eigenvalue weighted by Crippen LogP contribution is -2.15. The van der Waals surface area contributed by atoms with E-state index < -0.39 is 0 Å². The number of benzene rings is 1. The Labute approximate surface area is 122 Å². The summed E-state index contributed by atoms with van der Waals surface area (Å²) in [6, 6.07) is 9.14. The van der Waals surface area contributed by atoms with Crippen molar-refractivity contribution in [1.29, 1.82) is 0 Å². The molecule has 106 valence electrons. The second-order valence-electron chi connectivity index (χ2n) is 4.99. The van der Waals surface area contributed by atoms with E-state index in [1.807, 2.05) is 26.0 Å². The molecule has 1 N–H and O–H groups in total. The highest BCUT2D eigenvalue weighted by atomic mass is 16.3. The van der Waals surface area contributed by atoms with E-state index in [0.29, 0.717) is 22.9 Å². The Morgan fingerprint density at radius 1 is 1.10 bits per heavy atom. The largest absolute Gasteiger partial charge is 0.441 e. The monoisotopic (exact) mass is 281 g/mol. The van der Waals surface area contributed by atoms with Gasteiger partial charge in [0.05, 0.1) is 0 Å². The lowest BCUT2D eigenvalue weighted by Gasteiger charge is -2.07. The molecular formula is C16H15N3O2. The van der Waals surface area contributed by atoms with Crippen LogP contribution in [-0.4, -0.2) is 15.9 Å². The van der Waals surface area contributed by atoms with E-state index >= 15 is 0 Å². The van der Waals surface area contributed by atoms with Gasteiger partial charge in [-0.05, 0) is 43.7 Å². The molecule has 0 aliphatic rings. The van der Waals surface area contributed by atoms with Crippen LogP contribution in [0.4, 0.5) is 5.69 Å². The average molecular weight is 281 g/mol. The molecule has 1 amide bonds. The van der Waals surface area contributed by atoms with Crippen molar-refractivity contribution in [3.63, 3.8) is 0 Å². The quantitative estimate of drug-likeness (QED) is 0.781. The molecule has 0 atom stereocenters. The minimum Gasteiger partial charge on any atom is -0.441 e. The Balaban J connectivity index is 1.90. The summed E-state index contributed by atoms with van der Waals surface area (Å²) < 4.78 is 5.41. The van der Waals surface area contributed by atoms with Gasteiger partial charge in [-0.1, -0.05) is 6.07 Å². The molecule has 0 unspecified atom stereocenters. The third kappa shape index (κ3) is 2.63. The molecule has 2 heterocycles. The molecule has 3 aromatic rings. The van der Waals surface area contributed by atoms with E-state index in [0.717, 1.165) is 16.8 Å². The highest BCUT2D eigenvalue weighted by Crippen LogP contribution is 2.20. The molecule has 0 aliphatic heterocycles. The van der Waals surface area contributed by atoms with E-state index in [2.05, 4.69) is 15.3 Å². The van der Waals surface area contributed by atoms with Gasteiger partial charge in [-0.25, -0.2) is 9.97 Å². The Kier molecular flexibility index (Phi) is 3.17. The van der Waals surface area contributed by atoms with Crippen LogP contribution in [0.25, 0.3) is 11.1 Å². The van der Waals surface area contributed by atoms with Gasteiger partial charge in [0.15, 0.2) is 11.5 Å². The number of nitrogens with zero attached hydrogens (tertiary/aromatic N) is 2. The fraction of sp³-hybridized carbons (Fsp3) is 0.188. The van der Waals surface area contributed by atoms with Crippen molar-refractivity contribution >= 4 is 22.7 Å². The predicted octanol–water partition coefficient (Wildman–Crippen LogP) is 3.40. The Morgan fingerprint density at radius 3 is 2.71 bits per heavy atom. The van der Waals surface area contributed by atoms with Crippen molar-refractivity contribution in [2.24, 2.45) is 0 Å². The van der Waals surface area contributed by atoms with Gasteiger partial charge in [-0.15, -0.1) is 0 Å². The Morgan fingerprint density at radius 2 is 1.90 bits per heavy atom. The highest BCUT2D eigenvalue weighted by molar-refractivity contribution is 6.04. The number of nitrogens with one attached hydrogen (secondary N) is 1. The van der Waals surface area contributed by atoms with Crippen LogP contribution in [0.2, 0.25) is 0 Å². The minimum atomic E-state index is -0.226. The summed E-state index contributed by atoms with van der Waals surface area (Å²) in [6.07, 6.45) is 0. The first kappa shape index (κ1) is 13.3. The van der Waals surface area contributed by atoms with E-state index in [1.54, 1.807) is 25.1 Å². The number of rotatable bonds is 2. The first-order valence-electron chi connectivity index (χ1n) is 6.66. The minimum absolute atomic E-state index is 0.226. The molecule has 0 saturated carbocycles. The van der Waals surface area contributed by atoms with Gasteiger partial charge < -0.3 is 9.73 Å². The number of carbonyl (C=O) groups excluding carboxylic acids is 1. The van der Waals surface area contributed by atoms with Crippen LogP contribution in [0.5, 0.6) is 0 Å². The smallest absolute Gasteiger partial charge is 0.274 e. The van der Waals surface area contributed by atoms with Crippen LogP contribution in [0.1, 0.15) is 27.6 Å². The number of amides is 1. The molecule has 5 nitrogen and oxygen atoms in total. The van der Waals surface area contributed by atoms with E-state index in [9.17, 15) is 4.79 Å². The second-order valence-corrected chi connectivity index (χ2v) is 4.99. The van der Waals surface area contributed by atoms with Gasteiger partial charge in [0, 0.05) is 18.3 Å². The molecule has 1 aromatic carbocycles. The number of pyridine rings is 1. The van der Waals surface area contributed by atoms with E-state index in [1.165, 1.54) is 0 Å². The number of hydrogen-bond donors (Lipinski definition) is 1. The Bertz CT molecular complexity index is 837. The maximum atomic E-state index is 12.3. The van der Waals surface area contributed by atoms with Crippen molar-refractivity contribution in [2.45, 2.75) is 20.8 Å². The molecule has 0 saturated heterocycles. The molecule has 0 spiro atoms. The van der Waals surface area contributed by atoms with Crippen molar-refractivity contribution in [3.8, 4) is 0 Å². The van der Waals surface area contributed by atoms with Gasteiger partial charge in [0.1, 0.15) is 11.2 Å². The van der Waals surface area contributed by atoms with Crippen molar-refractivity contribution in [1.82, 2.24) is 9.97 Å². The van der Waals surface area contributed by atoms with Crippen LogP contribution >= 0.6 is 0 Å². The first-order chi connectivity index (χ1) is 10.0. The number of oxazole rings is 1. The number of aryl methyl sites for hydroxylation is 3. The van der Waals surface area contributed by atoms with Crippen molar-refractivity contribution in [3.05, 3.63) is 53.2 Å². The maximum absolute atomic E-state index is 12.3. The SMILES string of the molecule is Cc1ccc(C)c(C(=O)Nc2ccc3oc(C)nc3c2)n1. The average Bonchev–Trinajstić information content (AvgIpc) is 2.80. The lowest BCUT2D eigenvalue weighted by atomic mass is 10.2. The predicted molar refractivity (Wildman–Crippen MR) is 80.4 cm³/mol. The summed E-state index contributed by atoms with van der Waals surface area (Å²) in [6.45, 7) is 5.52. The number of carbonyl (C=O) groups is 1. The van der Waals surface area contributed by atoms with Crippen molar-refractivity contribution < 1.29 is 9.21 Å². The molecule has 0 fully saturated rings. The topological polar surface area (TPSA) is 68.0 Å². The zero-order chi connectivity index (χ0) is 15.0. The third-order valence-corrected chi connectivity index (χ3v) is 3.20. The molecule has 5 heteroatoms. The fourth-order valence-corrected chi connectivity index (χ4v) is 2.17. The van der Waals surface area contributed by atoms with Gasteiger partial charge in [0.25, 0.3) is 5.91 Å². The van der Waals surface area contributed by atoms with Gasteiger partial charge in [-0.2, -0.15) is 0 Å². The normalized spacial score (nSPS) is 10.8. The first-order valence-corrected chi connectivity index (χ1v) is 6.66. The molecular weight excluding hydrogens is 266 g/mol. The zero-order valence-corrected chi connectivity index (χ0v) is 12.1. The molecule has 0 radical (unpaired) electrons. The lowest BCUT2D eigenvalue weighted by molar-refractivity contribution is 0.102. The number of hydrogen-bond acceptors (Lipinski definition) is 4. The summed E-state index contributed by atoms with van der Waals surface area (Å²) in [5.74, 6) is 0.375. The summed E-state index contributed by atoms with van der Waals surface area (Å²) in [5.41, 5.74) is 4.19. The van der Waals surface area contributed by atoms with Crippen LogP contribution < -0.4 is 5.32 Å². The molecule has 0 aliphatic carbocycles. The van der Waals surface area contributed by atoms with E-state index in [4.69, 9.17) is 4.42 Å². The van der Waals surface area contributed by atoms with Gasteiger partial charge in [0.2, 0.25) is 0 Å². The summed E-state index contributed by atoms with van der Waals surface area (Å²) in [4.78, 5) is 20.9. The van der Waals surface area contributed by atoms with Crippen LogP contribution in [0.3, 0.4) is 0 Å². The van der Waals surface area contributed by atoms with Crippen LogP contribution in [0, 0.1) is 20.8 Å². The molecule has 2 aromatic heterocycles. The third-order valence-electron chi connectivity index (χ3n) is 3.20. The summed E-state index contributed by atoms with van der Waals surface area (Å²) >= 11 is 0. The molecule has 3 rings (SSSR count). The fourth-order valence-electron chi connectivity index (χ4n) is 2.17. The summed E-state index contributed by atoms with van der Waals surface area (Å²) in [7, 11) is 0. The van der Waals surface area contributed by atoms with Gasteiger partial charge >= 0.3 is 0 Å². The van der Waals surface area contributed by atoms with Crippen LogP contribution in [0.15, 0.2) is 34.7 Å². The maximum Gasteiger partial charge on any atom is 0.274 e. The highest BCUT2D eigenvalue weighted by Gasteiger charge is 2.12. The summed E-state index contributed by atoms with van der Waals surface area (Å²) in [5, 5.41) is 2.84. The number of fused-ring (bicyclic) bond motifs is 1. The van der Waals surface area contributed by atoms with E-state index in [-0.39, 0.29) is 5.91 Å². The number of aromatic nitrogens is 2. The molecule has 21 heavy (non-hydrogen) atoms. The zero-order valence-electron chi connectivity index (χ0n) is 12.1. The standard InChI is InChI=1S/C16H15N3O2/c1-9-4-5-10(2)17-15(9)16(20)19-12-6-7-14-13(8-12)18-11(3)21-14/h4-8H,1-3H3,(H,19,20).